The van der Waals surface area contributed by atoms with E-state index in [9.17, 15) is 16.8 Å². The molecule has 0 spiro atoms. The molecule has 1 aromatic carbocycles. The van der Waals surface area contributed by atoms with E-state index < -0.39 is 31.5 Å². The fourth-order valence-corrected chi connectivity index (χ4v) is 4.44. The zero-order chi connectivity index (χ0) is 16.1. The van der Waals surface area contributed by atoms with E-state index in [4.69, 9.17) is 4.55 Å². The Morgan fingerprint density at radius 2 is 1.76 bits per heavy atom. The summed E-state index contributed by atoms with van der Waals surface area (Å²) in [5.41, 5.74) is 2.02. The van der Waals surface area contributed by atoms with Crippen molar-refractivity contribution in [3.05, 3.63) is 29.8 Å². The van der Waals surface area contributed by atoms with Crippen LogP contribution < -0.4 is 4.90 Å². The van der Waals surface area contributed by atoms with Gasteiger partial charge in [-0.3, -0.25) is 4.55 Å². The maximum absolute atomic E-state index is 11.8. The van der Waals surface area contributed by atoms with Crippen molar-refractivity contribution in [1.82, 2.24) is 0 Å². The molecule has 0 bridgehead atoms. The molecule has 0 saturated heterocycles. The second kappa shape index (κ2) is 7.24. The first-order valence-electron chi connectivity index (χ1n) is 6.60. The summed E-state index contributed by atoms with van der Waals surface area (Å²) in [6.07, 6.45) is 0. The van der Waals surface area contributed by atoms with E-state index in [0.29, 0.717) is 6.54 Å². The van der Waals surface area contributed by atoms with Gasteiger partial charge >= 0.3 is 0 Å². The van der Waals surface area contributed by atoms with E-state index in [2.05, 4.69) is 0 Å². The van der Waals surface area contributed by atoms with Crippen LogP contribution in [0.1, 0.15) is 12.5 Å². The van der Waals surface area contributed by atoms with Crippen molar-refractivity contribution in [3.8, 4) is 0 Å². The highest BCUT2D eigenvalue weighted by Crippen LogP contribution is 2.15. The fraction of sp³-hybridized carbons (Fsp3) is 0.538. The lowest BCUT2D eigenvalue weighted by Gasteiger charge is -2.23. The van der Waals surface area contributed by atoms with Crippen molar-refractivity contribution < 1.29 is 21.4 Å². The van der Waals surface area contributed by atoms with Gasteiger partial charge in [0.05, 0.1) is 17.3 Å². The lowest BCUT2D eigenvalue weighted by atomic mass is 10.2. The molecule has 0 amide bonds. The molecular formula is C13H21NO5S2. The highest BCUT2D eigenvalue weighted by molar-refractivity contribution is 7.93. The van der Waals surface area contributed by atoms with Gasteiger partial charge in [-0.25, -0.2) is 8.42 Å². The molecule has 21 heavy (non-hydrogen) atoms. The number of aryl methyl sites for hydroxylation is 1. The molecular weight excluding hydrogens is 314 g/mol. The lowest BCUT2D eigenvalue weighted by molar-refractivity contribution is 0.484. The van der Waals surface area contributed by atoms with Crippen molar-refractivity contribution in [1.29, 1.82) is 0 Å². The summed E-state index contributed by atoms with van der Waals surface area (Å²) in [7, 11) is -7.77. The molecule has 0 radical (unpaired) electrons. The van der Waals surface area contributed by atoms with Crippen LogP contribution in [-0.4, -0.2) is 51.7 Å². The van der Waals surface area contributed by atoms with Gasteiger partial charge in [-0.1, -0.05) is 12.1 Å². The molecule has 1 aromatic rings. The Bertz CT molecular complexity index is 668. The Morgan fingerprint density at radius 1 is 1.10 bits per heavy atom. The van der Waals surface area contributed by atoms with Crippen molar-refractivity contribution in [3.63, 3.8) is 0 Å². The Kier molecular flexibility index (Phi) is 6.18. The van der Waals surface area contributed by atoms with Crippen LogP contribution in [0.4, 0.5) is 5.69 Å². The number of hydrogen-bond acceptors (Lipinski definition) is 5. The third-order valence-corrected chi connectivity index (χ3v) is 5.68. The lowest BCUT2D eigenvalue weighted by Crippen LogP contribution is -2.31. The second-order valence-corrected chi connectivity index (χ2v) is 8.73. The fourth-order valence-electron chi connectivity index (χ4n) is 1.88. The summed E-state index contributed by atoms with van der Waals surface area (Å²) in [5.74, 6) is -1.46. The number of hydrogen-bond donors (Lipinski definition) is 1. The summed E-state index contributed by atoms with van der Waals surface area (Å²) >= 11 is 0. The van der Waals surface area contributed by atoms with Crippen LogP contribution in [0.3, 0.4) is 0 Å². The quantitative estimate of drug-likeness (QED) is 0.716. The van der Waals surface area contributed by atoms with E-state index in [1.807, 2.05) is 43.0 Å². The van der Waals surface area contributed by atoms with Crippen LogP contribution >= 0.6 is 0 Å². The van der Waals surface area contributed by atoms with E-state index in [-0.39, 0.29) is 12.3 Å². The molecule has 0 aliphatic carbocycles. The Balaban J connectivity index is 2.67. The predicted octanol–water partition coefficient (Wildman–Crippen LogP) is 1.12. The van der Waals surface area contributed by atoms with Crippen molar-refractivity contribution in [2.24, 2.45) is 0 Å². The molecule has 0 aromatic heterocycles. The minimum Gasteiger partial charge on any atom is -0.371 e. The molecule has 0 heterocycles. The van der Waals surface area contributed by atoms with Gasteiger partial charge in [0.15, 0.2) is 9.84 Å². The predicted molar refractivity (Wildman–Crippen MR) is 84.1 cm³/mol. The van der Waals surface area contributed by atoms with E-state index >= 15 is 0 Å². The van der Waals surface area contributed by atoms with E-state index in [0.717, 1.165) is 11.3 Å². The van der Waals surface area contributed by atoms with Crippen LogP contribution in [0.15, 0.2) is 24.3 Å². The van der Waals surface area contributed by atoms with Crippen LogP contribution in [0.5, 0.6) is 0 Å². The molecule has 0 fully saturated rings. The summed E-state index contributed by atoms with van der Waals surface area (Å²) < 4.78 is 53.4. The smallest absolute Gasteiger partial charge is 0.265 e. The van der Waals surface area contributed by atoms with Gasteiger partial charge in [0.1, 0.15) is 0 Å². The van der Waals surface area contributed by atoms with Gasteiger partial charge < -0.3 is 4.90 Å². The Hall–Kier alpha value is -1.12. The zero-order valence-corrected chi connectivity index (χ0v) is 13.8. The summed E-state index contributed by atoms with van der Waals surface area (Å²) in [6.45, 7) is 4.82. The van der Waals surface area contributed by atoms with Crippen LogP contribution in [0, 0.1) is 6.92 Å². The first-order chi connectivity index (χ1) is 9.63. The highest BCUT2D eigenvalue weighted by Gasteiger charge is 2.17. The second-order valence-electron chi connectivity index (χ2n) is 4.86. The Labute approximate surface area is 126 Å². The number of sulfone groups is 1. The van der Waals surface area contributed by atoms with Crippen LogP contribution in [0.2, 0.25) is 0 Å². The van der Waals surface area contributed by atoms with Gasteiger partial charge in [0, 0.05) is 18.8 Å². The zero-order valence-electron chi connectivity index (χ0n) is 12.2. The molecule has 120 valence electrons. The third kappa shape index (κ3) is 6.92. The standard InChI is InChI=1S/C13H21NO5S2/c1-3-14(13-6-4-5-12(2)11-13)7-8-20(15,16)9-10-21(17,18)19/h4-6,11H,3,7-10H2,1-2H3,(H,17,18,19). The minimum absolute atomic E-state index is 0.149. The Morgan fingerprint density at radius 3 is 2.29 bits per heavy atom. The first-order valence-corrected chi connectivity index (χ1v) is 10.0. The number of benzene rings is 1. The normalized spacial score (nSPS) is 12.3. The third-order valence-electron chi connectivity index (χ3n) is 3.07. The summed E-state index contributed by atoms with van der Waals surface area (Å²) in [4.78, 5) is 1.91. The first kappa shape index (κ1) is 17.9. The SMILES string of the molecule is CCN(CCS(=O)(=O)CCS(=O)(=O)O)c1cccc(C)c1. The van der Waals surface area contributed by atoms with Crippen molar-refractivity contribution >= 4 is 25.6 Å². The van der Waals surface area contributed by atoms with Crippen molar-refractivity contribution in [2.75, 3.05) is 35.2 Å². The van der Waals surface area contributed by atoms with Gasteiger partial charge in [-0.05, 0) is 31.5 Å². The molecule has 1 rings (SSSR count). The van der Waals surface area contributed by atoms with Gasteiger partial charge in [-0.2, -0.15) is 8.42 Å². The number of nitrogens with zero attached hydrogens (tertiary/aromatic N) is 1. The van der Waals surface area contributed by atoms with Crippen LogP contribution in [0.25, 0.3) is 0 Å². The van der Waals surface area contributed by atoms with E-state index in [1.165, 1.54) is 0 Å². The highest BCUT2D eigenvalue weighted by atomic mass is 32.2. The average molecular weight is 335 g/mol. The molecule has 1 N–H and O–H groups in total. The average Bonchev–Trinajstić information content (AvgIpc) is 2.37. The van der Waals surface area contributed by atoms with Crippen LogP contribution in [-0.2, 0) is 20.0 Å². The topological polar surface area (TPSA) is 91.8 Å². The molecule has 6 nitrogen and oxygen atoms in total. The summed E-state index contributed by atoms with van der Waals surface area (Å²) in [5, 5.41) is 0. The molecule has 0 atom stereocenters. The summed E-state index contributed by atoms with van der Waals surface area (Å²) in [6, 6.07) is 7.73. The molecule has 0 saturated carbocycles. The molecule has 0 aliphatic heterocycles. The van der Waals surface area contributed by atoms with Gasteiger partial charge in [0.25, 0.3) is 10.1 Å². The molecule has 8 heteroatoms. The van der Waals surface area contributed by atoms with E-state index in [1.54, 1.807) is 0 Å². The molecule has 0 unspecified atom stereocenters. The maximum Gasteiger partial charge on any atom is 0.265 e. The number of rotatable bonds is 8. The number of anilines is 1. The largest absolute Gasteiger partial charge is 0.371 e. The van der Waals surface area contributed by atoms with Gasteiger partial charge in [-0.15, -0.1) is 0 Å². The van der Waals surface area contributed by atoms with Gasteiger partial charge in [0.2, 0.25) is 0 Å². The van der Waals surface area contributed by atoms with Crippen molar-refractivity contribution in [2.45, 2.75) is 13.8 Å². The minimum atomic E-state index is -4.25. The monoisotopic (exact) mass is 335 g/mol. The molecule has 0 aliphatic rings. The maximum atomic E-state index is 11.8.